The molecule has 0 bridgehead atoms. The summed E-state index contributed by atoms with van der Waals surface area (Å²) in [5, 5.41) is 15.3. The van der Waals surface area contributed by atoms with Crippen LogP contribution in [0.2, 0.25) is 0 Å². The molecular weight excluding hydrogens is 588 g/mol. The van der Waals surface area contributed by atoms with E-state index in [1.165, 1.54) is 24.6 Å². The van der Waals surface area contributed by atoms with Crippen LogP contribution in [-0.4, -0.2) is 58.1 Å². The van der Waals surface area contributed by atoms with Gasteiger partial charge in [-0.1, -0.05) is 36.4 Å². The molecule has 0 spiro atoms. The van der Waals surface area contributed by atoms with Gasteiger partial charge in [0.15, 0.2) is 17.5 Å². The van der Waals surface area contributed by atoms with E-state index in [-0.39, 0.29) is 16.8 Å². The molecule has 2 aromatic heterocycles. The zero-order valence-electron chi connectivity index (χ0n) is 24.6. The molecule has 12 heteroatoms. The summed E-state index contributed by atoms with van der Waals surface area (Å²) in [7, 11) is -3.65. The van der Waals surface area contributed by atoms with Gasteiger partial charge in [0.1, 0.15) is 0 Å². The molecule has 3 N–H and O–H groups in total. The van der Waals surface area contributed by atoms with Gasteiger partial charge in [-0.3, -0.25) is 14.3 Å². The predicted octanol–water partition coefficient (Wildman–Crippen LogP) is 4.95. The number of benzene rings is 3. The standard InChI is InChI=1S/C33H32N8O3S/c1-22(42)35-25-12-14-27(15-13-25)45(43,44)39-26-16-19-40(20-17-26)21-23-8-10-24(11-9-23)32-37-38-33-28-5-2-3-6-29(28)36-31-30(41(32)33)7-4-18-34-31/h2-15,18,26,39H,16-17,19-21H2,1H3,(H,34,36)(H,35,42). The second-order valence-electron chi connectivity index (χ2n) is 11.3. The summed E-state index contributed by atoms with van der Waals surface area (Å²) in [4.78, 5) is 18.3. The number of para-hydroxylation sites is 1. The van der Waals surface area contributed by atoms with Crippen LogP contribution in [0.3, 0.4) is 0 Å². The number of nitrogens with one attached hydrogen (secondary N) is 3. The zero-order valence-corrected chi connectivity index (χ0v) is 25.5. The number of carbonyl (C=O) groups is 1. The highest BCUT2D eigenvalue weighted by molar-refractivity contribution is 7.89. The van der Waals surface area contributed by atoms with Gasteiger partial charge >= 0.3 is 0 Å². The molecule has 0 unspecified atom stereocenters. The fourth-order valence-corrected chi connectivity index (χ4v) is 7.20. The van der Waals surface area contributed by atoms with Crippen LogP contribution >= 0.6 is 0 Å². The number of pyridine rings is 1. The minimum absolute atomic E-state index is 0.135. The molecule has 228 valence electrons. The first-order chi connectivity index (χ1) is 21.8. The molecule has 0 saturated carbocycles. The van der Waals surface area contributed by atoms with E-state index >= 15 is 0 Å². The van der Waals surface area contributed by atoms with Gasteiger partial charge < -0.3 is 10.6 Å². The Bertz CT molecular complexity index is 1970. The van der Waals surface area contributed by atoms with Crippen molar-refractivity contribution in [2.75, 3.05) is 23.7 Å². The lowest BCUT2D eigenvalue weighted by Crippen LogP contribution is -2.44. The highest BCUT2D eigenvalue weighted by atomic mass is 32.2. The fourth-order valence-electron chi connectivity index (χ4n) is 5.90. The number of rotatable bonds is 7. The Labute approximate surface area is 261 Å². The van der Waals surface area contributed by atoms with Crippen LogP contribution in [0, 0.1) is 0 Å². The summed E-state index contributed by atoms with van der Waals surface area (Å²) in [6.45, 7) is 3.75. The van der Waals surface area contributed by atoms with Crippen molar-refractivity contribution in [1.29, 1.82) is 0 Å². The Kier molecular flexibility index (Phi) is 7.61. The average Bonchev–Trinajstić information content (AvgIpc) is 3.42. The Balaban J connectivity index is 1.01. The summed E-state index contributed by atoms with van der Waals surface area (Å²) < 4.78 is 30.8. The monoisotopic (exact) mass is 620 g/mol. The third-order valence-corrected chi connectivity index (χ3v) is 9.66. The molecule has 2 aliphatic rings. The Morgan fingerprint density at radius 3 is 2.40 bits per heavy atom. The number of amides is 1. The lowest BCUT2D eigenvalue weighted by molar-refractivity contribution is -0.114. The SMILES string of the molecule is CC(=O)Nc1ccc(S(=O)(=O)NC2CCN(Cc3ccc(-c4nnc5n4-c4cccnc4Nc4ccccc4-5)cc3)CC2)cc1. The molecule has 0 atom stereocenters. The molecule has 5 aromatic rings. The van der Waals surface area contributed by atoms with Crippen LogP contribution < -0.4 is 15.4 Å². The first-order valence-corrected chi connectivity index (χ1v) is 16.3. The van der Waals surface area contributed by atoms with Crippen molar-refractivity contribution in [3.63, 3.8) is 0 Å². The summed E-state index contributed by atoms with van der Waals surface area (Å²) >= 11 is 0. The summed E-state index contributed by atoms with van der Waals surface area (Å²) in [6, 6.07) is 26.4. The number of likely N-dealkylation sites (tertiary alicyclic amines) is 1. The molecule has 1 saturated heterocycles. The molecule has 0 aliphatic carbocycles. The number of sulfonamides is 1. The lowest BCUT2D eigenvalue weighted by atomic mass is 10.0. The van der Waals surface area contributed by atoms with Gasteiger partial charge in [-0.2, -0.15) is 0 Å². The maximum Gasteiger partial charge on any atom is 0.240 e. The van der Waals surface area contributed by atoms with Gasteiger partial charge in [0, 0.05) is 55.6 Å². The third-order valence-electron chi connectivity index (χ3n) is 8.12. The van der Waals surface area contributed by atoms with Gasteiger partial charge in [-0.05, 0) is 66.9 Å². The molecule has 7 rings (SSSR count). The molecule has 1 amide bonds. The highest BCUT2D eigenvalue weighted by Gasteiger charge is 2.26. The number of anilines is 3. The summed E-state index contributed by atoms with van der Waals surface area (Å²) in [5.41, 5.74) is 5.44. The van der Waals surface area contributed by atoms with Crippen molar-refractivity contribution in [2.45, 2.75) is 37.2 Å². The molecule has 1 fully saturated rings. The smallest absolute Gasteiger partial charge is 0.240 e. The normalized spacial score (nSPS) is 14.9. The van der Waals surface area contributed by atoms with Crippen molar-refractivity contribution >= 4 is 33.1 Å². The minimum atomic E-state index is -3.65. The first kappa shape index (κ1) is 28.8. The van der Waals surface area contributed by atoms with E-state index in [9.17, 15) is 13.2 Å². The van der Waals surface area contributed by atoms with E-state index in [2.05, 4.69) is 64.3 Å². The molecular formula is C33H32N8O3S. The molecule has 0 radical (unpaired) electrons. The molecule has 45 heavy (non-hydrogen) atoms. The number of aromatic nitrogens is 4. The summed E-state index contributed by atoms with van der Waals surface area (Å²) in [5.74, 6) is 2.03. The van der Waals surface area contributed by atoms with Gasteiger partial charge in [-0.25, -0.2) is 18.1 Å². The quantitative estimate of drug-likeness (QED) is 0.228. The third kappa shape index (κ3) is 5.95. The second kappa shape index (κ2) is 11.9. The van der Waals surface area contributed by atoms with Crippen LogP contribution in [0.25, 0.3) is 28.5 Å². The lowest BCUT2D eigenvalue weighted by Gasteiger charge is -2.32. The van der Waals surface area contributed by atoms with Crippen molar-refractivity contribution in [1.82, 2.24) is 29.4 Å². The molecule has 2 aliphatic heterocycles. The van der Waals surface area contributed by atoms with Gasteiger partial charge in [0.25, 0.3) is 0 Å². The Morgan fingerprint density at radius 2 is 1.64 bits per heavy atom. The van der Waals surface area contributed by atoms with Gasteiger partial charge in [-0.15, -0.1) is 10.2 Å². The van der Waals surface area contributed by atoms with Crippen LogP contribution in [0.15, 0.2) is 96.0 Å². The molecule has 4 heterocycles. The number of carbonyl (C=O) groups excluding carboxylic acids is 1. The molecule has 3 aromatic carbocycles. The molecule has 11 nitrogen and oxygen atoms in total. The van der Waals surface area contributed by atoms with Gasteiger partial charge in [0.05, 0.1) is 16.3 Å². The Morgan fingerprint density at radius 1 is 0.911 bits per heavy atom. The van der Waals surface area contributed by atoms with Crippen molar-refractivity contribution in [3.05, 3.63) is 96.7 Å². The number of nitrogens with zero attached hydrogens (tertiary/aromatic N) is 5. The van der Waals surface area contributed by atoms with Crippen molar-refractivity contribution in [2.24, 2.45) is 0 Å². The maximum atomic E-state index is 12.9. The van der Waals surface area contributed by atoms with E-state index in [1.807, 2.05) is 36.4 Å². The number of hydrogen-bond donors (Lipinski definition) is 3. The fraction of sp³-hybridized carbons (Fsp3) is 0.212. The second-order valence-corrected chi connectivity index (χ2v) is 13.0. The topological polar surface area (TPSA) is 134 Å². The average molecular weight is 621 g/mol. The van der Waals surface area contributed by atoms with Crippen LogP contribution in [-0.2, 0) is 21.4 Å². The van der Waals surface area contributed by atoms with Crippen molar-refractivity contribution < 1.29 is 13.2 Å². The van der Waals surface area contributed by atoms with Crippen LogP contribution in [0.1, 0.15) is 25.3 Å². The predicted molar refractivity (Wildman–Crippen MR) is 173 cm³/mol. The van der Waals surface area contributed by atoms with E-state index in [1.54, 1.807) is 18.3 Å². The zero-order chi connectivity index (χ0) is 31.0. The number of piperidine rings is 1. The van der Waals surface area contributed by atoms with Crippen LogP contribution in [0.4, 0.5) is 17.2 Å². The van der Waals surface area contributed by atoms with Crippen molar-refractivity contribution in [3.8, 4) is 28.5 Å². The van der Waals surface area contributed by atoms with E-state index in [0.29, 0.717) is 5.69 Å². The highest BCUT2D eigenvalue weighted by Crippen LogP contribution is 2.39. The Hall–Kier alpha value is -4.91. The largest absolute Gasteiger partial charge is 0.338 e. The van der Waals surface area contributed by atoms with Gasteiger partial charge in [0.2, 0.25) is 15.9 Å². The number of fused-ring (bicyclic) bond motifs is 5. The number of hydrogen-bond acceptors (Lipinski definition) is 8. The first-order valence-electron chi connectivity index (χ1n) is 14.8. The van der Waals surface area contributed by atoms with E-state index in [0.717, 1.165) is 72.4 Å². The van der Waals surface area contributed by atoms with E-state index in [4.69, 9.17) is 0 Å². The minimum Gasteiger partial charge on any atom is -0.338 e. The van der Waals surface area contributed by atoms with Crippen LogP contribution in [0.5, 0.6) is 0 Å². The van der Waals surface area contributed by atoms with E-state index < -0.39 is 10.0 Å². The summed E-state index contributed by atoms with van der Waals surface area (Å²) in [6.07, 6.45) is 3.21. The maximum absolute atomic E-state index is 12.9.